The first-order chi connectivity index (χ1) is 10.3. The van der Waals surface area contributed by atoms with Gasteiger partial charge in [-0.1, -0.05) is 0 Å². The molecular formula is C14H12N4O2S. The van der Waals surface area contributed by atoms with Crippen molar-refractivity contribution < 1.29 is 9.15 Å². The van der Waals surface area contributed by atoms with E-state index >= 15 is 0 Å². The van der Waals surface area contributed by atoms with Crippen LogP contribution in [0.5, 0.6) is 5.75 Å². The van der Waals surface area contributed by atoms with Crippen molar-refractivity contribution >= 4 is 18.4 Å². The largest absolute Gasteiger partial charge is 0.497 e. The van der Waals surface area contributed by atoms with Gasteiger partial charge in [-0.2, -0.15) is 14.9 Å². The van der Waals surface area contributed by atoms with Gasteiger partial charge >= 0.3 is 0 Å². The summed E-state index contributed by atoms with van der Waals surface area (Å²) in [7, 11) is 1.62. The predicted octanol–water partition coefficient (Wildman–Crippen LogP) is 3.09. The van der Waals surface area contributed by atoms with Crippen molar-refractivity contribution in [2.45, 2.75) is 0 Å². The van der Waals surface area contributed by atoms with E-state index in [1.165, 1.54) is 0 Å². The summed E-state index contributed by atoms with van der Waals surface area (Å²) in [6.07, 6.45) is 3.17. The minimum atomic E-state index is 0.406. The van der Waals surface area contributed by atoms with Crippen LogP contribution in [-0.2, 0) is 0 Å². The summed E-state index contributed by atoms with van der Waals surface area (Å²) in [6, 6.07) is 11.1. The van der Waals surface area contributed by atoms with Crippen LogP contribution < -0.4 is 4.74 Å². The molecule has 0 saturated heterocycles. The maximum Gasteiger partial charge on any atom is 0.216 e. The fourth-order valence-corrected chi connectivity index (χ4v) is 1.98. The Balaban J connectivity index is 1.98. The first-order valence-electron chi connectivity index (χ1n) is 6.17. The Morgan fingerprint density at radius 1 is 1.33 bits per heavy atom. The second kappa shape index (κ2) is 5.76. The van der Waals surface area contributed by atoms with Crippen LogP contribution in [0.25, 0.3) is 11.4 Å². The number of hydrogen-bond donors (Lipinski definition) is 1. The summed E-state index contributed by atoms with van der Waals surface area (Å²) < 4.78 is 12.3. The summed E-state index contributed by atoms with van der Waals surface area (Å²) in [5.74, 6) is 2.03. The van der Waals surface area contributed by atoms with E-state index in [-0.39, 0.29) is 0 Å². The molecule has 2 aromatic heterocycles. The molecule has 1 N–H and O–H groups in total. The van der Waals surface area contributed by atoms with Crippen molar-refractivity contribution in [3.63, 3.8) is 0 Å². The number of rotatable bonds is 4. The zero-order valence-corrected chi connectivity index (χ0v) is 12.0. The number of H-pyrrole nitrogens is 1. The molecule has 0 spiro atoms. The molecule has 106 valence electrons. The van der Waals surface area contributed by atoms with E-state index in [1.54, 1.807) is 36.4 Å². The molecule has 0 radical (unpaired) electrons. The smallest absolute Gasteiger partial charge is 0.216 e. The van der Waals surface area contributed by atoms with Gasteiger partial charge in [-0.15, -0.1) is 0 Å². The lowest BCUT2D eigenvalue weighted by molar-refractivity contribution is 0.415. The highest BCUT2D eigenvalue weighted by Gasteiger charge is 2.08. The van der Waals surface area contributed by atoms with Gasteiger partial charge in [0.05, 0.1) is 19.6 Å². The molecule has 1 aromatic carbocycles. The number of benzene rings is 1. The van der Waals surface area contributed by atoms with Gasteiger partial charge in [0.15, 0.2) is 5.82 Å². The third-order valence-electron chi connectivity index (χ3n) is 2.84. The molecule has 0 aliphatic carbocycles. The predicted molar refractivity (Wildman–Crippen MR) is 81.1 cm³/mol. The van der Waals surface area contributed by atoms with E-state index in [4.69, 9.17) is 21.4 Å². The lowest BCUT2D eigenvalue weighted by Gasteiger charge is -2.02. The summed E-state index contributed by atoms with van der Waals surface area (Å²) in [5.41, 5.74) is 0.875. The highest BCUT2D eigenvalue weighted by molar-refractivity contribution is 7.71. The van der Waals surface area contributed by atoms with E-state index < -0.39 is 0 Å². The van der Waals surface area contributed by atoms with Crippen LogP contribution in [0.3, 0.4) is 0 Å². The number of aromatic amines is 1. The highest BCUT2D eigenvalue weighted by Crippen LogP contribution is 2.20. The Bertz CT molecular complexity index is 800. The number of aromatic nitrogens is 3. The van der Waals surface area contributed by atoms with Gasteiger partial charge in [0.1, 0.15) is 11.5 Å². The number of hydrogen-bond acceptors (Lipinski definition) is 5. The Kier molecular flexibility index (Phi) is 3.65. The molecule has 3 rings (SSSR count). The van der Waals surface area contributed by atoms with E-state index in [1.807, 2.05) is 24.3 Å². The molecule has 0 unspecified atom stereocenters. The van der Waals surface area contributed by atoms with Crippen molar-refractivity contribution in [1.29, 1.82) is 0 Å². The van der Waals surface area contributed by atoms with Crippen molar-refractivity contribution in [2.24, 2.45) is 5.10 Å². The lowest BCUT2D eigenvalue weighted by Crippen LogP contribution is -1.94. The average molecular weight is 300 g/mol. The molecule has 0 saturated carbocycles. The maximum atomic E-state index is 5.20. The summed E-state index contributed by atoms with van der Waals surface area (Å²) in [4.78, 5) is 0. The Morgan fingerprint density at radius 3 is 2.81 bits per heavy atom. The second-order valence-corrected chi connectivity index (χ2v) is 4.54. The van der Waals surface area contributed by atoms with Crippen LogP contribution in [0.2, 0.25) is 0 Å². The molecule has 0 aliphatic rings. The summed E-state index contributed by atoms with van der Waals surface area (Å²) in [5, 5.41) is 11.2. The molecule has 7 heteroatoms. The zero-order valence-electron chi connectivity index (χ0n) is 11.2. The fourth-order valence-electron chi connectivity index (χ4n) is 1.81. The third kappa shape index (κ3) is 2.77. The fraction of sp³-hybridized carbons (Fsp3) is 0.0714. The Morgan fingerprint density at radius 2 is 2.14 bits per heavy atom. The summed E-state index contributed by atoms with van der Waals surface area (Å²) >= 11 is 5.19. The molecule has 0 amide bonds. The normalized spacial score (nSPS) is 11.1. The Labute approximate surface area is 125 Å². The number of nitrogens with one attached hydrogen (secondary N) is 1. The van der Waals surface area contributed by atoms with Gasteiger partial charge in [0.25, 0.3) is 0 Å². The van der Waals surface area contributed by atoms with Crippen LogP contribution in [0.1, 0.15) is 5.76 Å². The minimum absolute atomic E-state index is 0.406. The monoisotopic (exact) mass is 300 g/mol. The van der Waals surface area contributed by atoms with E-state index in [0.29, 0.717) is 16.4 Å². The highest BCUT2D eigenvalue weighted by atomic mass is 32.1. The van der Waals surface area contributed by atoms with Gasteiger partial charge in [-0.3, -0.25) is 0 Å². The van der Waals surface area contributed by atoms with Crippen LogP contribution >= 0.6 is 12.2 Å². The molecule has 3 aromatic rings. The number of nitrogens with zero attached hydrogens (tertiary/aromatic N) is 3. The van der Waals surface area contributed by atoms with Crippen LogP contribution in [0, 0.1) is 4.77 Å². The second-order valence-electron chi connectivity index (χ2n) is 4.15. The molecule has 2 heterocycles. The first kappa shape index (κ1) is 13.3. The van der Waals surface area contributed by atoms with Gasteiger partial charge in [-0.05, 0) is 48.6 Å². The van der Waals surface area contributed by atoms with Gasteiger partial charge in [0.2, 0.25) is 4.77 Å². The number of furan rings is 1. The van der Waals surface area contributed by atoms with Crippen LogP contribution in [0.4, 0.5) is 0 Å². The van der Waals surface area contributed by atoms with Crippen LogP contribution in [-0.4, -0.2) is 28.2 Å². The number of methoxy groups -OCH3 is 1. The molecule has 0 bridgehead atoms. The number of ether oxygens (including phenoxy) is 1. The van der Waals surface area contributed by atoms with E-state index in [9.17, 15) is 0 Å². The molecule has 6 nitrogen and oxygen atoms in total. The molecule has 21 heavy (non-hydrogen) atoms. The zero-order chi connectivity index (χ0) is 14.7. The molecule has 0 fully saturated rings. The topological polar surface area (TPSA) is 68.3 Å². The molecule has 0 aliphatic heterocycles. The van der Waals surface area contributed by atoms with Gasteiger partial charge in [-0.25, -0.2) is 5.10 Å². The van der Waals surface area contributed by atoms with Crippen molar-refractivity contribution in [3.05, 3.63) is 53.2 Å². The summed E-state index contributed by atoms with van der Waals surface area (Å²) in [6.45, 7) is 0. The quantitative estimate of drug-likeness (QED) is 0.594. The van der Waals surface area contributed by atoms with Gasteiger partial charge in [0, 0.05) is 5.56 Å². The van der Waals surface area contributed by atoms with E-state index in [0.717, 1.165) is 11.3 Å². The molecular weight excluding hydrogens is 288 g/mol. The van der Waals surface area contributed by atoms with Crippen molar-refractivity contribution in [2.75, 3.05) is 7.11 Å². The SMILES string of the molecule is COc1ccc(-c2n[nH]c(=S)n2/N=C/c2ccco2)cc1. The third-order valence-corrected chi connectivity index (χ3v) is 3.11. The standard InChI is InChI=1S/C14H12N4O2S/c1-19-11-6-4-10(5-7-11)13-16-17-14(21)18(13)15-9-12-3-2-8-20-12/h2-9H,1H3,(H,17,21)/b15-9+. The first-order valence-corrected chi connectivity index (χ1v) is 6.58. The van der Waals surface area contributed by atoms with Crippen molar-refractivity contribution in [3.8, 4) is 17.1 Å². The molecule has 0 atom stereocenters. The van der Waals surface area contributed by atoms with E-state index in [2.05, 4.69) is 15.3 Å². The van der Waals surface area contributed by atoms with Crippen molar-refractivity contribution in [1.82, 2.24) is 14.9 Å². The van der Waals surface area contributed by atoms with Crippen LogP contribution in [0.15, 0.2) is 52.2 Å². The maximum absolute atomic E-state index is 5.20. The average Bonchev–Trinajstić information content (AvgIpc) is 3.15. The Hall–Kier alpha value is -2.67. The minimum Gasteiger partial charge on any atom is -0.497 e. The van der Waals surface area contributed by atoms with Gasteiger partial charge < -0.3 is 9.15 Å². The lowest BCUT2D eigenvalue weighted by atomic mass is 10.2.